The van der Waals surface area contributed by atoms with Gasteiger partial charge in [0.25, 0.3) is 0 Å². The zero-order chi connectivity index (χ0) is 8.69. The van der Waals surface area contributed by atoms with Crippen molar-refractivity contribution in [2.75, 3.05) is 0 Å². The summed E-state index contributed by atoms with van der Waals surface area (Å²) in [5.74, 6) is 0. The molecule has 2 nitrogen and oxygen atoms in total. The highest BCUT2D eigenvalue weighted by molar-refractivity contribution is 6.01. The minimum Gasteiger partial charge on any atom is -0.309 e. The third kappa shape index (κ3) is 5.77. The maximum absolute atomic E-state index is 7.46. The first-order valence-electron chi connectivity index (χ1n) is 4.33. The second-order valence-corrected chi connectivity index (χ2v) is 2.88. The fraction of sp³-hybridized carbons (Fsp3) is 0.778. The summed E-state index contributed by atoms with van der Waals surface area (Å²) < 4.78 is 0. The van der Waals surface area contributed by atoms with E-state index in [0.29, 0.717) is 17.8 Å². The summed E-state index contributed by atoms with van der Waals surface area (Å²) in [6.45, 7) is 4.13. The van der Waals surface area contributed by atoms with Gasteiger partial charge in [0.1, 0.15) is 0 Å². The smallest absolute Gasteiger partial charge is 0.0229 e. The van der Waals surface area contributed by atoms with Crippen molar-refractivity contribution in [3.63, 3.8) is 0 Å². The van der Waals surface area contributed by atoms with E-state index in [1.807, 2.05) is 0 Å². The van der Waals surface area contributed by atoms with Crippen molar-refractivity contribution in [1.82, 2.24) is 0 Å². The topological polar surface area (TPSA) is 47.7 Å². The summed E-state index contributed by atoms with van der Waals surface area (Å²) in [5, 5.41) is 14.9. The Morgan fingerprint density at radius 1 is 0.909 bits per heavy atom. The van der Waals surface area contributed by atoms with Gasteiger partial charge in [-0.25, -0.2) is 0 Å². The third-order valence-corrected chi connectivity index (χ3v) is 1.53. The molecule has 0 heterocycles. The molecule has 2 N–H and O–H groups in total. The van der Waals surface area contributed by atoms with Crippen molar-refractivity contribution in [2.24, 2.45) is 0 Å². The summed E-state index contributed by atoms with van der Waals surface area (Å²) in [6, 6.07) is 0. The first-order chi connectivity index (χ1) is 5.20. The van der Waals surface area contributed by atoms with Crippen molar-refractivity contribution in [3.05, 3.63) is 0 Å². The molecule has 0 spiro atoms. The number of hydrogen-bond acceptors (Lipinski definition) is 2. The Morgan fingerprint density at radius 2 is 1.27 bits per heavy atom. The zero-order valence-electron chi connectivity index (χ0n) is 7.54. The van der Waals surface area contributed by atoms with Crippen LogP contribution in [0.1, 0.15) is 46.0 Å². The molecule has 0 saturated heterocycles. The molecule has 0 aliphatic rings. The maximum Gasteiger partial charge on any atom is 0.0229 e. The summed E-state index contributed by atoms with van der Waals surface area (Å²) >= 11 is 0. The summed E-state index contributed by atoms with van der Waals surface area (Å²) in [7, 11) is 0. The second kappa shape index (κ2) is 6.08. The highest BCUT2D eigenvalue weighted by Gasteiger charge is 1.99. The molecule has 0 aromatic carbocycles. The molecule has 0 bridgehead atoms. The standard InChI is InChI=1S/C9H18N2/c1-3-5-8(10)7-9(11)6-4-2/h10-11H,3-7H2,1-2H3. The van der Waals surface area contributed by atoms with Crippen LogP contribution in [0.4, 0.5) is 0 Å². The Hall–Kier alpha value is -0.660. The average Bonchev–Trinajstić information content (AvgIpc) is 1.87. The van der Waals surface area contributed by atoms with Gasteiger partial charge in [-0.2, -0.15) is 0 Å². The Bertz CT molecular complexity index is 122. The Labute approximate surface area is 69.0 Å². The molecule has 0 aliphatic carbocycles. The van der Waals surface area contributed by atoms with Crippen LogP contribution in [0.5, 0.6) is 0 Å². The van der Waals surface area contributed by atoms with E-state index in [2.05, 4.69) is 13.8 Å². The lowest BCUT2D eigenvalue weighted by Gasteiger charge is -2.02. The fourth-order valence-electron chi connectivity index (χ4n) is 1.04. The molecule has 0 rings (SSSR count). The van der Waals surface area contributed by atoms with Crippen molar-refractivity contribution >= 4 is 11.4 Å². The molecule has 11 heavy (non-hydrogen) atoms. The first-order valence-corrected chi connectivity index (χ1v) is 4.33. The number of rotatable bonds is 6. The summed E-state index contributed by atoms with van der Waals surface area (Å²) in [4.78, 5) is 0. The quantitative estimate of drug-likeness (QED) is 0.552. The van der Waals surface area contributed by atoms with Gasteiger partial charge in [0.15, 0.2) is 0 Å². The highest BCUT2D eigenvalue weighted by Crippen LogP contribution is 2.00. The molecule has 0 unspecified atom stereocenters. The van der Waals surface area contributed by atoms with E-state index in [9.17, 15) is 0 Å². The number of hydrogen-bond donors (Lipinski definition) is 2. The van der Waals surface area contributed by atoms with Crippen LogP contribution in [0.25, 0.3) is 0 Å². The molecular formula is C9H18N2. The first kappa shape index (κ1) is 10.3. The Morgan fingerprint density at radius 3 is 1.55 bits per heavy atom. The van der Waals surface area contributed by atoms with E-state index in [1.54, 1.807) is 0 Å². The van der Waals surface area contributed by atoms with Gasteiger partial charge in [0.05, 0.1) is 0 Å². The van der Waals surface area contributed by atoms with E-state index in [-0.39, 0.29) is 0 Å². The highest BCUT2D eigenvalue weighted by atomic mass is 14.5. The largest absolute Gasteiger partial charge is 0.309 e. The van der Waals surface area contributed by atoms with Gasteiger partial charge in [-0.1, -0.05) is 26.7 Å². The zero-order valence-corrected chi connectivity index (χ0v) is 7.54. The molecule has 2 heteroatoms. The van der Waals surface area contributed by atoms with Crippen LogP contribution in [-0.4, -0.2) is 11.4 Å². The van der Waals surface area contributed by atoms with Crippen molar-refractivity contribution < 1.29 is 0 Å². The Balaban J connectivity index is 3.49. The lowest BCUT2D eigenvalue weighted by atomic mass is 10.1. The van der Waals surface area contributed by atoms with E-state index >= 15 is 0 Å². The average molecular weight is 154 g/mol. The van der Waals surface area contributed by atoms with Crippen LogP contribution < -0.4 is 0 Å². The minimum absolute atomic E-state index is 0.599. The predicted molar refractivity (Wildman–Crippen MR) is 49.9 cm³/mol. The normalized spacial score (nSPS) is 9.64. The van der Waals surface area contributed by atoms with Crippen LogP contribution in [0, 0.1) is 10.8 Å². The van der Waals surface area contributed by atoms with Gasteiger partial charge in [0.2, 0.25) is 0 Å². The molecule has 0 aliphatic heterocycles. The van der Waals surface area contributed by atoms with Gasteiger partial charge in [0, 0.05) is 17.8 Å². The molecular weight excluding hydrogens is 136 g/mol. The maximum atomic E-state index is 7.46. The van der Waals surface area contributed by atoms with Gasteiger partial charge in [-0.3, -0.25) is 0 Å². The number of nitrogens with one attached hydrogen (secondary N) is 2. The third-order valence-electron chi connectivity index (χ3n) is 1.53. The molecule has 0 fully saturated rings. The summed E-state index contributed by atoms with van der Waals surface area (Å²) in [5.41, 5.74) is 1.43. The predicted octanol–water partition coefficient (Wildman–Crippen LogP) is 3.02. The molecule has 0 atom stereocenters. The van der Waals surface area contributed by atoms with E-state index in [4.69, 9.17) is 10.8 Å². The summed E-state index contributed by atoms with van der Waals surface area (Å²) in [6.07, 6.45) is 4.36. The van der Waals surface area contributed by atoms with Crippen LogP contribution in [0.3, 0.4) is 0 Å². The van der Waals surface area contributed by atoms with Crippen molar-refractivity contribution in [2.45, 2.75) is 46.0 Å². The Kier molecular flexibility index (Phi) is 5.71. The molecule has 0 radical (unpaired) electrons. The molecule has 0 saturated carbocycles. The van der Waals surface area contributed by atoms with Gasteiger partial charge >= 0.3 is 0 Å². The molecule has 0 aromatic rings. The van der Waals surface area contributed by atoms with Crippen LogP contribution in [0.2, 0.25) is 0 Å². The lowest BCUT2D eigenvalue weighted by Crippen LogP contribution is -2.04. The van der Waals surface area contributed by atoms with E-state index in [1.165, 1.54) is 0 Å². The van der Waals surface area contributed by atoms with Gasteiger partial charge < -0.3 is 10.8 Å². The minimum atomic E-state index is 0.599. The van der Waals surface area contributed by atoms with Crippen molar-refractivity contribution in [3.8, 4) is 0 Å². The molecule has 0 amide bonds. The molecule has 64 valence electrons. The monoisotopic (exact) mass is 154 g/mol. The van der Waals surface area contributed by atoms with Gasteiger partial charge in [-0.05, 0) is 12.8 Å². The second-order valence-electron chi connectivity index (χ2n) is 2.88. The van der Waals surface area contributed by atoms with E-state index in [0.717, 1.165) is 25.7 Å². The van der Waals surface area contributed by atoms with Crippen LogP contribution >= 0.6 is 0 Å². The molecule has 0 aromatic heterocycles. The van der Waals surface area contributed by atoms with Crippen molar-refractivity contribution in [1.29, 1.82) is 10.8 Å². The lowest BCUT2D eigenvalue weighted by molar-refractivity contribution is 0.947. The van der Waals surface area contributed by atoms with E-state index < -0.39 is 0 Å². The van der Waals surface area contributed by atoms with Crippen LogP contribution in [-0.2, 0) is 0 Å². The fourth-order valence-corrected chi connectivity index (χ4v) is 1.04. The van der Waals surface area contributed by atoms with Gasteiger partial charge in [-0.15, -0.1) is 0 Å². The SMILES string of the molecule is CCCC(=N)CC(=N)CCC. The van der Waals surface area contributed by atoms with Crippen LogP contribution in [0.15, 0.2) is 0 Å².